The Hall–Kier alpha value is -0.830. The third kappa shape index (κ3) is 3.19. The van der Waals surface area contributed by atoms with Crippen molar-refractivity contribution < 1.29 is 0 Å². The molecule has 0 spiro atoms. The summed E-state index contributed by atoms with van der Waals surface area (Å²) in [5.41, 5.74) is 1.01. The van der Waals surface area contributed by atoms with Crippen molar-refractivity contribution in [3.63, 3.8) is 0 Å². The minimum absolute atomic E-state index is 0.305. The van der Waals surface area contributed by atoms with Crippen molar-refractivity contribution in [1.29, 1.82) is 0 Å². The Morgan fingerprint density at radius 1 is 1.32 bits per heavy atom. The van der Waals surface area contributed by atoms with Gasteiger partial charge in [0.05, 0.1) is 0 Å². The predicted octanol–water partition coefficient (Wildman–Crippen LogP) is 4.19. The lowest BCUT2D eigenvalue weighted by atomic mass is 9.85. The summed E-state index contributed by atoms with van der Waals surface area (Å²) < 4.78 is 0. The monoisotopic (exact) mass is 281 g/mol. The molecule has 106 valence electrons. The molecule has 1 aliphatic carbocycles. The van der Waals surface area contributed by atoms with Crippen LogP contribution in [0.3, 0.4) is 0 Å². The van der Waals surface area contributed by atoms with E-state index in [1.165, 1.54) is 19.3 Å². The van der Waals surface area contributed by atoms with Crippen LogP contribution in [0.25, 0.3) is 0 Å². The molecule has 0 N–H and O–H groups in total. The van der Waals surface area contributed by atoms with E-state index in [9.17, 15) is 0 Å². The zero-order chi connectivity index (χ0) is 14.0. The molecule has 0 aliphatic heterocycles. The van der Waals surface area contributed by atoms with E-state index in [1.54, 1.807) is 0 Å². The van der Waals surface area contributed by atoms with Crippen LogP contribution in [0.1, 0.15) is 57.3 Å². The highest BCUT2D eigenvalue weighted by Gasteiger charge is 2.23. The molecule has 4 heteroatoms. The summed E-state index contributed by atoms with van der Waals surface area (Å²) in [5, 5.41) is 0.598. The zero-order valence-corrected chi connectivity index (χ0v) is 13.2. The Bertz CT molecular complexity index is 441. The van der Waals surface area contributed by atoms with Crippen molar-refractivity contribution in [2.75, 3.05) is 18.0 Å². The molecule has 1 fully saturated rings. The quantitative estimate of drug-likeness (QED) is 0.758. The fourth-order valence-corrected chi connectivity index (χ4v) is 2.58. The lowest BCUT2D eigenvalue weighted by Crippen LogP contribution is -2.33. The lowest BCUT2D eigenvalue weighted by Gasteiger charge is -2.33. The molecule has 1 aliphatic rings. The largest absolute Gasteiger partial charge is 0.356 e. The van der Waals surface area contributed by atoms with Gasteiger partial charge in [0.2, 0.25) is 0 Å². The van der Waals surface area contributed by atoms with Gasteiger partial charge in [-0.1, -0.05) is 31.9 Å². The van der Waals surface area contributed by atoms with Crippen LogP contribution in [-0.2, 0) is 0 Å². The van der Waals surface area contributed by atoms with Gasteiger partial charge in [0, 0.05) is 24.6 Å². The molecule has 0 radical (unpaired) electrons. The van der Waals surface area contributed by atoms with E-state index in [2.05, 4.69) is 30.7 Å². The van der Waals surface area contributed by atoms with Crippen molar-refractivity contribution in [2.24, 2.45) is 5.92 Å². The van der Waals surface area contributed by atoms with Crippen LogP contribution < -0.4 is 4.90 Å². The average Bonchev–Trinajstić information content (AvgIpc) is 2.32. The Morgan fingerprint density at radius 3 is 2.47 bits per heavy atom. The van der Waals surface area contributed by atoms with E-state index < -0.39 is 0 Å². The summed E-state index contributed by atoms with van der Waals surface area (Å²) in [7, 11) is 0. The maximum Gasteiger partial charge on any atom is 0.137 e. The normalized spacial score (nSPS) is 15.7. The number of hydrogen-bond acceptors (Lipinski definition) is 3. The molecule has 0 amide bonds. The summed E-state index contributed by atoms with van der Waals surface area (Å²) in [4.78, 5) is 11.5. The molecule has 19 heavy (non-hydrogen) atoms. The second-order valence-corrected chi connectivity index (χ2v) is 6.17. The van der Waals surface area contributed by atoms with Crippen molar-refractivity contribution in [2.45, 2.75) is 52.9 Å². The van der Waals surface area contributed by atoms with Crippen molar-refractivity contribution in [3.8, 4) is 0 Å². The van der Waals surface area contributed by atoms with E-state index in [0.29, 0.717) is 11.1 Å². The first-order valence-corrected chi connectivity index (χ1v) is 7.69. The van der Waals surface area contributed by atoms with Crippen LogP contribution in [0, 0.1) is 12.8 Å². The van der Waals surface area contributed by atoms with E-state index >= 15 is 0 Å². The van der Waals surface area contributed by atoms with Gasteiger partial charge in [0.1, 0.15) is 16.8 Å². The standard InChI is InChI=1S/C15H24ClN3/c1-5-19(9-12-7-6-8-12)15-11(4)13(16)17-14(18-15)10(2)3/h10,12H,5-9H2,1-4H3. The summed E-state index contributed by atoms with van der Waals surface area (Å²) >= 11 is 6.27. The Morgan fingerprint density at radius 2 is 2.00 bits per heavy atom. The fraction of sp³-hybridized carbons (Fsp3) is 0.733. The second kappa shape index (κ2) is 6.08. The molecule has 0 atom stereocenters. The van der Waals surface area contributed by atoms with E-state index in [4.69, 9.17) is 16.6 Å². The van der Waals surface area contributed by atoms with Gasteiger partial charge >= 0.3 is 0 Å². The first-order valence-electron chi connectivity index (χ1n) is 7.31. The summed E-state index contributed by atoms with van der Waals surface area (Å²) in [5.74, 6) is 3.01. The van der Waals surface area contributed by atoms with Crippen LogP contribution in [-0.4, -0.2) is 23.1 Å². The maximum atomic E-state index is 6.27. The van der Waals surface area contributed by atoms with Crippen LogP contribution in [0.2, 0.25) is 5.15 Å². The molecule has 0 aromatic carbocycles. The van der Waals surface area contributed by atoms with Gasteiger partial charge < -0.3 is 4.90 Å². The van der Waals surface area contributed by atoms with Crippen molar-refractivity contribution in [3.05, 3.63) is 16.5 Å². The highest BCUT2D eigenvalue weighted by atomic mass is 35.5. The topological polar surface area (TPSA) is 29.0 Å². The van der Waals surface area contributed by atoms with Gasteiger partial charge in [-0.05, 0) is 32.6 Å². The minimum Gasteiger partial charge on any atom is -0.356 e. The molecule has 2 rings (SSSR count). The number of anilines is 1. The molecule has 1 heterocycles. The molecule has 1 saturated carbocycles. The lowest BCUT2D eigenvalue weighted by molar-refractivity contribution is 0.318. The van der Waals surface area contributed by atoms with Gasteiger partial charge in [-0.15, -0.1) is 0 Å². The molecule has 0 saturated heterocycles. The van der Waals surface area contributed by atoms with E-state index in [-0.39, 0.29) is 0 Å². The predicted molar refractivity (Wildman–Crippen MR) is 81.1 cm³/mol. The highest BCUT2D eigenvalue weighted by molar-refractivity contribution is 6.30. The molecule has 0 bridgehead atoms. The third-order valence-electron chi connectivity index (χ3n) is 3.98. The molecule has 1 aromatic heterocycles. The van der Waals surface area contributed by atoms with E-state index in [1.807, 2.05) is 6.92 Å². The van der Waals surface area contributed by atoms with E-state index in [0.717, 1.165) is 36.2 Å². The number of rotatable bonds is 5. The number of hydrogen-bond donors (Lipinski definition) is 0. The average molecular weight is 282 g/mol. The number of halogens is 1. The summed E-state index contributed by atoms with van der Waals surface area (Å²) in [6.07, 6.45) is 4.08. The Labute approximate surface area is 121 Å². The van der Waals surface area contributed by atoms with Gasteiger partial charge in [-0.3, -0.25) is 0 Å². The van der Waals surface area contributed by atoms with Crippen molar-refractivity contribution >= 4 is 17.4 Å². The fourth-order valence-electron chi connectivity index (χ4n) is 2.41. The summed E-state index contributed by atoms with van der Waals surface area (Å²) in [6, 6.07) is 0. The first-order chi connectivity index (χ1) is 9.02. The number of aromatic nitrogens is 2. The van der Waals surface area contributed by atoms with Crippen molar-refractivity contribution in [1.82, 2.24) is 9.97 Å². The number of nitrogens with zero attached hydrogens (tertiary/aromatic N) is 3. The summed E-state index contributed by atoms with van der Waals surface area (Å²) in [6.45, 7) is 10.5. The SMILES string of the molecule is CCN(CC1CCC1)c1nc(C(C)C)nc(Cl)c1C. The molecular weight excluding hydrogens is 258 g/mol. The third-order valence-corrected chi connectivity index (χ3v) is 4.35. The van der Waals surface area contributed by atoms with Gasteiger partial charge in [-0.2, -0.15) is 0 Å². The molecule has 1 aromatic rings. The zero-order valence-electron chi connectivity index (χ0n) is 12.4. The van der Waals surface area contributed by atoms with Crippen LogP contribution in [0.5, 0.6) is 0 Å². The van der Waals surface area contributed by atoms with Crippen LogP contribution >= 0.6 is 11.6 Å². The van der Waals surface area contributed by atoms with Crippen LogP contribution in [0.4, 0.5) is 5.82 Å². The van der Waals surface area contributed by atoms with Crippen LogP contribution in [0.15, 0.2) is 0 Å². The Kier molecular flexibility index (Phi) is 4.67. The first kappa shape index (κ1) is 14.6. The second-order valence-electron chi connectivity index (χ2n) is 5.81. The van der Waals surface area contributed by atoms with Gasteiger partial charge in [0.15, 0.2) is 0 Å². The molecular formula is C15H24ClN3. The maximum absolute atomic E-state index is 6.27. The highest BCUT2D eigenvalue weighted by Crippen LogP contribution is 2.31. The Balaban J connectivity index is 2.28. The van der Waals surface area contributed by atoms with Gasteiger partial charge in [-0.25, -0.2) is 9.97 Å². The molecule has 0 unspecified atom stereocenters. The smallest absolute Gasteiger partial charge is 0.137 e. The van der Waals surface area contributed by atoms with Gasteiger partial charge in [0.25, 0.3) is 0 Å². The minimum atomic E-state index is 0.305. The molecule has 3 nitrogen and oxygen atoms in total.